The Kier molecular flexibility index (Phi) is 2.98. The molecule has 3 nitrogen and oxygen atoms in total. The maximum absolute atomic E-state index is 11.5. The first kappa shape index (κ1) is 11.6. The summed E-state index contributed by atoms with van der Waals surface area (Å²) >= 11 is 2.80. The summed E-state index contributed by atoms with van der Waals surface area (Å²) in [7, 11) is 0. The van der Waals surface area contributed by atoms with E-state index in [1.54, 1.807) is 11.8 Å². The smallest absolute Gasteiger partial charge is 0.305 e. The van der Waals surface area contributed by atoms with Crippen LogP contribution in [-0.2, 0) is 0 Å². The molecule has 5 heteroatoms. The van der Waals surface area contributed by atoms with Gasteiger partial charge in [0.05, 0.1) is 17.0 Å². The van der Waals surface area contributed by atoms with Gasteiger partial charge >= 0.3 is 4.87 Å². The van der Waals surface area contributed by atoms with Crippen molar-refractivity contribution >= 4 is 23.1 Å². The Labute approximate surface area is 112 Å². The van der Waals surface area contributed by atoms with Crippen molar-refractivity contribution in [1.29, 1.82) is 5.26 Å². The number of thiazole rings is 1. The molecule has 0 radical (unpaired) electrons. The highest BCUT2D eigenvalue weighted by Gasteiger charge is 2.33. The number of hydrogen-bond acceptors (Lipinski definition) is 4. The fourth-order valence-corrected chi connectivity index (χ4v) is 4.58. The van der Waals surface area contributed by atoms with Gasteiger partial charge in [0.25, 0.3) is 0 Å². The van der Waals surface area contributed by atoms with Crippen LogP contribution in [0.4, 0.5) is 0 Å². The maximum atomic E-state index is 11.5. The summed E-state index contributed by atoms with van der Waals surface area (Å²) in [6.07, 6.45) is 0. The van der Waals surface area contributed by atoms with Crippen LogP contribution in [0.1, 0.15) is 16.4 Å². The lowest BCUT2D eigenvalue weighted by atomic mass is 9.87. The Morgan fingerprint density at radius 2 is 2.11 bits per heavy atom. The van der Waals surface area contributed by atoms with Gasteiger partial charge in [-0.3, -0.25) is 4.79 Å². The molecular formula is C13H10N2OS2. The number of nitriles is 1. The Hall–Kier alpha value is -1.51. The van der Waals surface area contributed by atoms with Crippen molar-refractivity contribution in [2.75, 3.05) is 5.75 Å². The summed E-state index contributed by atoms with van der Waals surface area (Å²) < 4.78 is 0. The molecule has 1 N–H and O–H groups in total. The molecule has 0 unspecified atom stereocenters. The number of nitrogens with one attached hydrogen (secondary N) is 1. The summed E-state index contributed by atoms with van der Waals surface area (Å²) in [5.74, 6) is 0.683. The molecule has 1 aliphatic heterocycles. The van der Waals surface area contributed by atoms with Gasteiger partial charge in [0.2, 0.25) is 0 Å². The van der Waals surface area contributed by atoms with Crippen LogP contribution in [0.15, 0.2) is 40.2 Å². The number of fused-ring (bicyclic) bond motifs is 1. The molecule has 18 heavy (non-hydrogen) atoms. The average molecular weight is 274 g/mol. The molecule has 2 atom stereocenters. The molecule has 1 aromatic carbocycles. The van der Waals surface area contributed by atoms with E-state index in [1.165, 1.54) is 11.3 Å². The second-order valence-corrected chi connectivity index (χ2v) is 6.19. The minimum Gasteiger partial charge on any atom is -0.307 e. The Morgan fingerprint density at radius 1 is 1.33 bits per heavy atom. The van der Waals surface area contributed by atoms with Gasteiger partial charge in [0.15, 0.2) is 0 Å². The zero-order valence-electron chi connectivity index (χ0n) is 9.42. The summed E-state index contributed by atoms with van der Waals surface area (Å²) in [5.41, 5.74) is 1.11. The number of nitrogens with zero attached hydrogens (tertiary/aromatic N) is 1. The van der Waals surface area contributed by atoms with Crippen LogP contribution < -0.4 is 4.87 Å². The molecule has 0 spiro atoms. The molecule has 2 heterocycles. The zero-order valence-corrected chi connectivity index (χ0v) is 11.1. The van der Waals surface area contributed by atoms with Gasteiger partial charge in [0, 0.05) is 16.5 Å². The maximum Gasteiger partial charge on any atom is 0.305 e. The number of benzene rings is 1. The topological polar surface area (TPSA) is 56.6 Å². The molecule has 0 saturated carbocycles. The van der Waals surface area contributed by atoms with E-state index in [0.717, 1.165) is 21.2 Å². The van der Waals surface area contributed by atoms with E-state index in [0.29, 0.717) is 0 Å². The predicted octanol–water partition coefficient (Wildman–Crippen LogP) is 2.81. The summed E-state index contributed by atoms with van der Waals surface area (Å²) in [5, 5.41) is 10.2. The van der Waals surface area contributed by atoms with Crippen molar-refractivity contribution in [3.8, 4) is 6.07 Å². The van der Waals surface area contributed by atoms with Crippen LogP contribution in [0, 0.1) is 17.2 Å². The zero-order chi connectivity index (χ0) is 12.5. The fourth-order valence-electron chi connectivity index (χ4n) is 2.25. The standard InChI is InChI=1S/C13H10N2OS2/c14-6-9-7-17-12-11(18-13(16)15-12)10(9)8-4-2-1-3-5-8/h1-5,9-10H,7H2,(H,15,16)/t9-,10+/m0/s1. The van der Waals surface area contributed by atoms with Gasteiger partial charge in [-0.25, -0.2) is 0 Å². The molecule has 90 valence electrons. The normalized spacial score (nSPS) is 22.2. The number of rotatable bonds is 1. The molecule has 0 saturated heterocycles. The molecule has 0 fully saturated rings. The van der Waals surface area contributed by atoms with E-state index >= 15 is 0 Å². The van der Waals surface area contributed by atoms with Crippen molar-refractivity contribution < 1.29 is 0 Å². The van der Waals surface area contributed by atoms with E-state index in [-0.39, 0.29) is 16.7 Å². The van der Waals surface area contributed by atoms with Crippen LogP contribution in [0.25, 0.3) is 0 Å². The van der Waals surface area contributed by atoms with Crippen molar-refractivity contribution in [2.24, 2.45) is 5.92 Å². The van der Waals surface area contributed by atoms with Crippen LogP contribution in [0.2, 0.25) is 0 Å². The number of thioether (sulfide) groups is 1. The largest absolute Gasteiger partial charge is 0.307 e. The van der Waals surface area contributed by atoms with Crippen molar-refractivity contribution in [3.63, 3.8) is 0 Å². The monoisotopic (exact) mass is 274 g/mol. The number of hydrogen-bond donors (Lipinski definition) is 1. The highest BCUT2D eigenvalue weighted by molar-refractivity contribution is 7.99. The van der Waals surface area contributed by atoms with Gasteiger partial charge in [-0.2, -0.15) is 5.26 Å². The molecule has 0 aliphatic carbocycles. The molecule has 0 amide bonds. The van der Waals surface area contributed by atoms with Crippen LogP contribution in [-0.4, -0.2) is 10.7 Å². The van der Waals surface area contributed by atoms with Gasteiger partial charge < -0.3 is 4.98 Å². The first-order chi connectivity index (χ1) is 8.79. The molecule has 3 rings (SSSR count). The van der Waals surface area contributed by atoms with E-state index in [2.05, 4.69) is 11.1 Å². The fraction of sp³-hybridized carbons (Fsp3) is 0.231. The molecule has 2 aromatic rings. The summed E-state index contributed by atoms with van der Waals surface area (Å²) in [6, 6.07) is 12.3. The second-order valence-electron chi connectivity index (χ2n) is 4.14. The lowest BCUT2D eigenvalue weighted by molar-refractivity contribution is 0.632. The summed E-state index contributed by atoms with van der Waals surface area (Å²) in [6.45, 7) is 0. The average Bonchev–Trinajstić information content (AvgIpc) is 2.78. The predicted molar refractivity (Wildman–Crippen MR) is 73.1 cm³/mol. The van der Waals surface area contributed by atoms with Crippen LogP contribution in [0.3, 0.4) is 0 Å². The second kappa shape index (κ2) is 4.63. The summed E-state index contributed by atoms with van der Waals surface area (Å²) in [4.78, 5) is 15.3. The van der Waals surface area contributed by atoms with Gasteiger partial charge in [-0.1, -0.05) is 41.7 Å². The molecular weight excluding hydrogens is 264 g/mol. The minimum atomic E-state index is -0.0728. The van der Waals surface area contributed by atoms with E-state index in [4.69, 9.17) is 0 Å². The van der Waals surface area contributed by atoms with Gasteiger partial charge in [0.1, 0.15) is 0 Å². The Balaban J connectivity index is 2.15. The lowest BCUT2D eigenvalue weighted by Gasteiger charge is -2.26. The number of aromatic nitrogens is 1. The number of aromatic amines is 1. The quantitative estimate of drug-likeness (QED) is 0.870. The Bertz CT molecular complexity index is 654. The van der Waals surface area contributed by atoms with Crippen molar-refractivity contribution in [1.82, 2.24) is 4.98 Å². The third kappa shape index (κ3) is 1.88. The first-order valence-electron chi connectivity index (χ1n) is 5.60. The van der Waals surface area contributed by atoms with Crippen molar-refractivity contribution in [3.05, 3.63) is 50.4 Å². The number of H-pyrrole nitrogens is 1. The van der Waals surface area contributed by atoms with Crippen molar-refractivity contribution in [2.45, 2.75) is 10.9 Å². The Morgan fingerprint density at radius 3 is 2.83 bits per heavy atom. The van der Waals surface area contributed by atoms with Gasteiger partial charge in [-0.15, -0.1) is 11.8 Å². The van der Waals surface area contributed by atoms with E-state index < -0.39 is 0 Å². The highest BCUT2D eigenvalue weighted by atomic mass is 32.2. The lowest BCUT2D eigenvalue weighted by Crippen LogP contribution is -2.18. The minimum absolute atomic E-state index is 0.0244. The molecule has 1 aliphatic rings. The van der Waals surface area contributed by atoms with Crippen LogP contribution >= 0.6 is 23.1 Å². The first-order valence-corrected chi connectivity index (χ1v) is 7.40. The molecule has 1 aromatic heterocycles. The van der Waals surface area contributed by atoms with Crippen LogP contribution in [0.5, 0.6) is 0 Å². The van der Waals surface area contributed by atoms with E-state index in [1.807, 2.05) is 30.3 Å². The van der Waals surface area contributed by atoms with Gasteiger partial charge in [-0.05, 0) is 5.56 Å². The third-order valence-electron chi connectivity index (χ3n) is 3.06. The SMILES string of the molecule is N#C[C@H]1CSc2[nH]c(=O)sc2[C@@H]1c1ccccc1. The molecule has 0 bridgehead atoms. The highest BCUT2D eigenvalue weighted by Crippen LogP contribution is 2.44. The van der Waals surface area contributed by atoms with E-state index in [9.17, 15) is 10.1 Å². The third-order valence-corrected chi connectivity index (χ3v) is 5.29.